The van der Waals surface area contributed by atoms with Crippen molar-refractivity contribution >= 4 is 28.0 Å². The molecule has 1 aromatic heterocycles. The van der Waals surface area contributed by atoms with Gasteiger partial charge in [0.15, 0.2) is 5.78 Å². The van der Waals surface area contributed by atoms with Gasteiger partial charge in [0.25, 0.3) is 0 Å². The summed E-state index contributed by atoms with van der Waals surface area (Å²) in [5.74, 6) is 0.458. The molecule has 158 valence electrons. The number of ketones is 1. The quantitative estimate of drug-likeness (QED) is 0.682. The minimum Gasteiger partial charge on any atom is -0.496 e. The Balaban J connectivity index is 1.69. The average molecular weight is 433 g/mol. The molecule has 5 rings (SSSR count). The number of benzene rings is 1. The van der Waals surface area contributed by atoms with Crippen molar-refractivity contribution < 1.29 is 14.3 Å². The van der Waals surface area contributed by atoms with E-state index in [4.69, 9.17) is 4.74 Å². The third-order valence-electron chi connectivity index (χ3n) is 6.66. The van der Waals surface area contributed by atoms with E-state index >= 15 is 0 Å². The topological polar surface area (TPSA) is 70.4 Å². The van der Waals surface area contributed by atoms with Crippen molar-refractivity contribution in [3.63, 3.8) is 0 Å². The van der Waals surface area contributed by atoms with Crippen LogP contribution in [0.15, 0.2) is 35.5 Å². The van der Waals surface area contributed by atoms with E-state index in [2.05, 4.69) is 6.07 Å². The van der Waals surface area contributed by atoms with Crippen LogP contribution in [0.1, 0.15) is 66.0 Å². The van der Waals surface area contributed by atoms with E-state index in [1.54, 1.807) is 23.3 Å². The summed E-state index contributed by atoms with van der Waals surface area (Å²) in [6.07, 6.45) is 6.16. The summed E-state index contributed by atoms with van der Waals surface area (Å²) in [5.41, 5.74) is 4.14. The van der Waals surface area contributed by atoms with Gasteiger partial charge in [0, 0.05) is 40.5 Å². The van der Waals surface area contributed by atoms with Gasteiger partial charge in [-0.05, 0) is 50.2 Å². The van der Waals surface area contributed by atoms with E-state index in [0.717, 1.165) is 59.5 Å². The average Bonchev–Trinajstić information content (AvgIpc) is 3.16. The van der Waals surface area contributed by atoms with Crippen molar-refractivity contribution in [1.29, 1.82) is 5.26 Å². The number of allylic oxidation sites excluding steroid dienone is 2. The number of carbonyl (C=O) groups excluding carboxylic acids is 2. The first-order chi connectivity index (χ1) is 15.1. The third kappa shape index (κ3) is 3.19. The Bertz CT molecular complexity index is 1150. The molecule has 0 radical (unpaired) electrons. The maximum Gasteiger partial charge on any atom is 0.232 e. The lowest BCUT2D eigenvalue weighted by Crippen LogP contribution is -2.40. The molecule has 0 N–H and O–H groups in total. The molecular formula is C25H24N2O3S. The number of ether oxygens (including phenoxy) is 1. The van der Waals surface area contributed by atoms with Crippen LogP contribution in [0.5, 0.6) is 5.75 Å². The SMILES string of the molecule is COc1ccccc1C1CC(=O)N(c2sc3c(c2C#N)CCCC3)C2=C1C(=O)CCC2. The summed E-state index contributed by atoms with van der Waals surface area (Å²) >= 11 is 1.57. The number of Topliss-reactive ketones (excluding diaryl/α,β-unsaturated/α-hetero) is 1. The van der Waals surface area contributed by atoms with Gasteiger partial charge in [0.1, 0.15) is 16.8 Å². The van der Waals surface area contributed by atoms with Crippen LogP contribution in [-0.4, -0.2) is 18.8 Å². The number of methoxy groups -OCH3 is 1. The van der Waals surface area contributed by atoms with E-state index in [0.29, 0.717) is 24.2 Å². The van der Waals surface area contributed by atoms with Crippen molar-refractivity contribution in [2.24, 2.45) is 0 Å². The van der Waals surface area contributed by atoms with Gasteiger partial charge in [-0.3, -0.25) is 14.5 Å². The van der Waals surface area contributed by atoms with Crippen LogP contribution in [0.3, 0.4) is 0 Å². The number of thiophene rings is 1. The van der Waals surface area contributed by atoms with Crippen LogP contribution in [0, 0.1) is 11.3 Å². The highest BCUT2D eigenvalue weighted by Gasteiger charge is 2.42. The lowest BCUT2D eigenvalue weighted by molar-refractivity contribution is -0.119. The number of anilines is 1. The maximum atomic E-state index is 13.6. The minimum absolute atomic E-state index is 0.0422. The number of amides is 1. The van der Waals surface area contributed by atoms with E-state index < -0.39 is 0 Å². The number of hydrogen-bond acceptors (Lipinski definition) is 5. The van der Waals surface area contributed by atoms with Gasteiger partial charge in [-0.15, -0.1) is 11.3 Å². The zero-order valence-electron chi connectivity index (χ0n) is 17.6. The highest BCUT2D eigenvalue weighted by atomic mass is 32.1. The largest absolute Gasteiger partial charge is 0.496 e. The van der Waals surface area contributed by atoms with Crippen molar-refractivity contribution in [2.75, 3.05) is 12.0 Å². The van der Waals surface area contributed by atoms with E-state index in [1.165, 1.54) is 4.88 Å². The minimum atomic E-state index is -0.303. The highest BCUT2D eigenvalue weighted by molar-refractivity contribution is 7.16. The van der Waals surface area contributed by atoms with Crippen LogP contribution in [0.25, 0.3) is 0 Å². The van der Waals surface area contributed by atoms with Gasteiger partial charge in [0.05, 0.1) is 12.7 Å². The molecule has 2 heterocycles. The van der Waals surface area contributed by atoms with Crippen LogP contribution in [0.2, 0.25) is 0 Å². The molecule has 31 heavy (non-hydrogen) atoms. The predicted octanol–water partition coefficient (Wildman–Crippen LogP) is 5.03. The Hall–Kier alpha value is -2.91. The van der Waals surface area contributed by atoms with Crippen molar-refractivity contribution in [1.82, 2.24) is 0 Å². The number of para-hydroxylation sites is 1. The van der Waals surface area contributed by atoms with Gasteiger partial charge >= 0.3 is 0 Å². The Morgan fingerprint density at radius 3 is 2.71 bits per heavy atom. The molecule has 1 atom stereocenters. The second-order valence-electron chi connectivity index (χ2n) is 8.37. The zero-order chi connectivity index (χ0) is 21.5. The standard InChI is InChI=1S/C25H24N2O3S/c1-30-21-11-4-2-7-15(21)17-13-23(29)27(19-9-6-10-20(28)24(17)19)25-18(14-26)16-8-3-5-12-22(16)31-25/h2,4,7,11,17H,3,5-6,8-10,12-13H2,1H3. The van der Waals surface area contributed by atoms with E-state index in [-0.39, 0.29) is 24.0 Å². The Labute approximate surface area is 185 Å². The fourth-order valence-electron chi connectivity index (χ4n) is 5.27. The first kappa shape index (κ1) is 20.0. The number of rotatable bonds is 3. The van der Waals surface area contributed by atoms with Crippen molar-refractivity contribution in [2.45, 2.75) is 57.3 Å². The second kappa shape index (κ2) is 7.97. The van der Waals surface area contributed by atoms with E-state index in [1.807, 2.05) is 24.3 Å². The normalized spacial score (nSPS) is 20.9. The Kier molecular flexibility index (Phi) is 5.15. The predicted molar refractivity (Wildman–Crippen MR) is 119 cm³/mol. The lowest BCUT2D eigenvalue weighted by atomic mass is 9.77. The second-order valence-corrected chi connectivity index (χ2v) is 9.45. The first-order valence-electron chi connectivity index (χ1n) is 10.9. The molecule has 0 spiro atoms. The fraction of sp³-hybridized carbons (Fsp3) is 0.400. The van der Waals surface area contributed by atoms with Gasteiger partial charge in [0.2, 0.25) is 5.91 Å². The summed E-state index contributed by atoms with van der Waals surface area (Å²) in [5, 5.41) is 10.7. The molecule has 0 saturated heterocycles. The summed E-state index contributed by atoms with van der Waals surface area (Å²) in [4.78, 5) is 29.6. The van der Waals surface area contributed by atoms with Crippen LogP contribution >= 0.6 is 11.3 Å². The molecule has 0 saturated carbocycles. The van der Waals surface area contributed by atoms with Crippen LogP contribution < -0.4 is 9.64 Å². The molecule has 1 amide bonds. The maximum absolute atomic E-state index is 13.6. The van der Waals surface area contributed by atoms with Crippen molar-refractivity contribution in [3.05, 3.63) is 57.1 Å². The lowest BCUT2D eigenvalue weighted by Gasteiger charge is -2.38. The molecule has 1 aliphatic heterocycles. The Morgan fingerprint density at radius 2 is 1.90 bits per heavy atom. The van der Waals surface area contributed by atoms with Gasteiger partial charge in [-0.2, -0.15) is 5.26 Å². The number of nitriles is 1. The number of aryl methyl sites for hydroxylation is 1. The smallest absolute Gasteiger partial charge is 0.232 e. The molecular weight excluding hydrogens is 408 g/mol. The summed E-state index contributed by atoms with van der Waals surface area (Å²) in [6, 6.07) is 10.0. The first-order valence-corrected chi connectivity index (χ1v) is 11.7. The molecule has 1 unspecified atom stereocenters. The molecule has 0 fully saturated rings. The molecule has 3 aliphatic rings. The summed E-state index contributed by atoms with van der Waals surface area (Å²) < 4.78 is 5.55. The fourth-order valence-corrected chi connectivity index (χ4v) is 6.65. The molecule has 1 aromatic carbocycles. The molecule has 6 heteroatoms. The zero-order valence-corrected chi connectivity index (χ0v) is 18.4. The van der Waals surface area contributed by atoms with Crippen LogP contribution in [0.4, 0.5) is 5.00 Å². The number of nitrogens with zero attached hydrogens (tertiary/aromatic N) is 2. The number of fused-ring (bicyclic) bond motifs is 1. The molecule has 5 nitrogen and oxygen atoms in total. The highest BCUT2D eigenvalue weighted by Crippen LogP contribution is 2.49. The van der Waals surface area contributed by atoms with Gasteiger partial charge in [-0.1, -0.05) is 18.2 Å². The van der Waals surface area contributed by atoms with E-state index in [9.17, 15) is 14.9 Å². The number of hydrogen-bond donors (Lipinski definition) is 0. The Morgan fingerprint density at radius 1 is 1.10 bits per heavy atom. The third-order valence-corrected chi connectivity index (χ3v) is 7.93. The van der Waals surface area contributed by atoms with Crippen molar-refractivity contribution in [3.8, 4) is 11.8 Å². The van der Waals surface area contributed by atoms with Gasteiger partial charge < -0.3 is 4.74 Å². The summed E-state index contributed by atoms with van der Waals surface area (Å²) in [7, 11) is 1.61. The molecule has 2 aliphatic carbocycles. The summed E-state index contributed by atoms with van der Waals surface area (Å²) in [6.45, 7) is 0. The molecule has 2 aromatic rings. The van der Waals surface area contributed by atoms with Gasteiger partial charge in [-0.25, -0.2) is 0 Å². The monoisotopic (exact) mass is 432 g/mol. The van der Waals surface area contributed by atoms with Crippen LogP contribution in [-0.2, 0) is 22.4 Å². The molecule has 0 bridgehead atoms. The number of carbonyl (C=O) groups is 2.